The van der Waals surface area contributed by atoms with Crippen molar-refractivity contribution in [1.29, 1.82) is 0 Å². The molecule has 1 aliphatic heterocycles. The van der Waals surface area contributed by atoms with Crippen molar-refractivity contribution in [2.75, 3.05) is 13.2 Å². The largest absolute Gasteiger partial charge is 0.489 e. The number of ether oxygens (including phenoxy) is 1. The molecular formula is C24H23F6N5O2. The molecule has 0 unspecified atom stereocenters. The zero-order valence-electron chi connectivity index (χ0n) is 19.3. The second-order valence-electron chi connectivity index (χ2n) is 8.38. The summed E-state index contributed by atoms with van der Waals surface area (Å²) >= 11 is 0. The van der Waals surface area contributed by atoms with Crippen LogP contribution in [0.4, 0.5) is 26.3 Å². The summed E-state index contributed by atoms with van der Waals surface area (Å²) in [6.45, 7) is 0.393. The molecule has 4 rings (SSSR count). The Labute approximate surface area is 207 Å². The van der Waals surface area contributed by atoms with Gasteiger partial charge in [0.15, 0.2) is 0 Å². The van der Waals surface area contributed by atoms with Gasteiger partial charge in [0.2, 0.25) is 11.7 Å². The number of alkyl halides is 6. The number of hydrogen-bond donors (Lipinski definition) is 2. The van der Waals surface area contributed by atoms with Crippen LogP contribution in [0.1, 0.15) is 41.5 Å². The third-order valence-electron chi connectivity index (χ3n) is 5.83. The van der Waals surface area contributed by atoms with E-state index in [0.717, 1.165) is 30.7 Å². The fourth-order valence-corrected chi connectivity index (χ4v) is 4.02. The number of nitrogens with zero attached hydrogens (tertiary/aromatic N) is 3. The summed E-state index contributed by atoms with van der Waals surface area (Å²) in [6.07, 6.45) is -5.59. The van der Waals surface area contributed by atoms with Crippen molar-refractivity contribution in [3.05, 3.63) is 71.1 Å². The molecule has 1 atom stereocenters. The molecule has 1 saturated heterocycles. The second kappa shape index (κ2) is 10.5. The molecule has 0 bridgehead atoms. The number of hydrogen-bond acceptors (Lipinski definition) is 7. The summed E-state index contributed by atoms with van der Waals surface area (Å²) in [4.78, 5) is 6.03. The lowest BCUT2D eigenvalue weighted by Crippen LogP contribution is -2.48. The van der Waals surface area contributed by atoms with Gasteiger partial charge in [0.05, 0.1) is 17.2 Å². The smallest absolute Gasteiger partial charge is 0.419 e. The standard InChI is InChI=1S/C24H23F6N5O2/c25-23(26,27)16-8-5-14(6-9-16)3-2-12-36-19-10-7-15(13-17(19)24(28,29)30)20-33-21(37-34-20)18-4-1-11-35(18)22(31)32/h2-3,5-10,13,18,22H,1,4,11-12,31-32H2/b3-2-/t18-/m0/s1. The molecule has 2 aromatic carbocycles. The molecule has 0 spiro atoms. The summed E-state index contributed by atoms with van der Waals surface area (Å²) in [5.41, 5.74) is 10.2. The normalized spacial score (nSPS) is 17.3. The van der Waals surface area contributed by atoms with Crippen molar-refractivity contribution in [1.82, 2.24) is 15.0 Å². The highest BCUT2D eigenvalue weighted by Crippen LogP contribution is 2.39. The van der Waals surface area contributed by atoms with E-state index in [1.165, 1.54) is 30.4 Å². The summed E-state index contributed by atoms with van der Waals surface area (Å²) in [7, 11) is 0. The van der Waals surface area contributed by atoms with Crippen molar-refractivity contribution in [3.63, 3.8) is 0 Å². The summed E-state index contributed by atoms with van der Waals surface area (Å²) < 4.78 is 89.8. The molecule has 2 heterocycles. The molecule has 0 aliphatic carbocycles. The van der Waals surface area contributed by atoms with E-state index in [1.807, 2.05) is 0 Å². The number of aromatic nitrogens is 2. The maximum absolute atomic E-state index is 13.8. The van der Waals surface area contributed by atoms with Crippen LogP contribution in [-0.4, -0.2) is 34.5 Å². The minimum absolute atomic E-state index is 0.0216. The molecule has 3 aromatic rings. The number of likely N-dealkylation sites (tertiary alicyclic amines) is 1. The van der Waals surface area contributed by atoms with E-state index in [1.54, 1.807) is 4.90 Å². The van der Waals surface area contributed by atoms with Gasteiger partial charge in [0.25, 0.3) is 0 Å². The van der Waals surface area contributed by atoms with Crippen LogP contribution >= 0.6 is 0 Å². The van der Waals surface area contributed by atoms with Crippen LogP contribution in [0.5, 0.6) is 5.75 Å². The maximum atomic E-state index is 13.8. The van der Waals surface area contributed by atoms with Crippen molar-refractivity contribution in [2.24, 2.45) is 11.5 Å². The quantitative estimate of drug-likeness (QED) is 0.321. The highest BCUT2D eigenvalue weighted by molar-refractivity contribution is 5.59. The topological polar surface area (TPSA) is 103 Å². The Hall–Kier alpha value is -3.42. The van der Waals surface area contributed by atoms with Crippen LogP contribution in [0.3, 0.4) is 0 Å². The second-order valence-corrected chi connectivity index (χ2v) is 8.38. The van der Waals surface area contributed by atoms with Crippen LogP contribution in [-0.2, 0) is 12.4 Å². The lowest BCUT2D eigenvalue weighted by molar-refractivity contribution is -0.139. The minimum Gasteiger partial charge on any atom is -0.489 e. The van der Waals surface area contributed by atoms with E-state index in [4.69, 9.17) is 20.7 Å². The van der Waals surface area contributed by atoms with Crippen molar-refractivity contribution in [3.8, 4) is 17.1 Å². The Balaban J connectivity index is 1.47. The zero-order chi connectivity index (χ0) is 26.8. The van der Waals surface area contributed by atoms with Crippen molar-refractivity contribution in [2.45, 2.75) is 37.5 Å². The predicted octanol–water partition coefficient (Wildman–Crippen LogP) is 5.20. The molecule has 0 radical (unpaired) electrons. The molecule has 13 heteroatoms. The highest BCUT2D eigenvalue weighted by atomic mass is 19.4. The molecule has 4 N–H and O–H groups in total. The number of halogens is 6. The molecule has 0 saturated carbocycles. The molecular weight excluding hydrogens is 504 g/mol. The van der Waals surface area contributed by atoms with Crippen LogP contribution in [0, 0.1) is 0 Å². The summed E-state index contributed by atoms with van der Waals surface area (Å²) in [5, 5.41) is 3.82. The number of nitrogens with two attached hydrogens (primary N) is 2. The van der Waals surface area contributed by atoms with E-state index in [0.29, 0.717) is 18.5 Å². The van der Waals surface area contributed by atoms with E-state index >= 15 is 0 Å². The first kappa shape index (κ1) is 26.6. The van der Waals surface area contributed by atoms with Gasteiger partial charge in [0, 0.05) is 12.1 Å². The monoisotopic (exact) mass is 527 g/mol. The zero-order valence-corrected chi connectivity index (χ0v) is 19.3. The van der Waals surface area contributed by atoms with Crippen LogP contribution in [0.15, 0.2) is 53.1 Å². The first-order chi connectivity index (χ1) is 17.4. The van der Waals surface area contributed by atoms with Gasteiger partial charge in [-0.3, -0.25) is 4.90 Å². The first-order valence-electron chi connectivity index (χ1n) is 11.2. The van der Waals surface area contributed by atoms with E-state index in [-0.39, 0.29) is 29.9 Å². The van der Waals surface area contributed by atoms with E-state index in [9.17, 15) is 26.3 Å². The van der Waals surface area contributed by atoms with Gasteiger partial charge in [-0.15, -0.1) is 0 Å². The fraction of sp³-hybridized carbons (Fsp3) is 0.333. The molecule has 37 heavy (non-hydrogen) atoms. The average molecular weight is 527 g/mol. The van der Waals surface area contributed by atoms with E-state index < -0.39 is 35.5 Å². The molecule has 0 amide bonds. The Morgan fingerprint density at radius 2 is 1.78 bits per heavy atom. The summed E-state index contributed by atoms with van der Waals surface area (Å²) in [6, 6.07) is 7.41. The number of benzene rings is 2. The SMILES string of the molecule is NC(N)N1CCC[C@H]1c1nc(-c2ccc(OC/C=C\c3ccc(C(F)(F)F)cc3)c(C(F)(F)F)c2)no1. The fourth-order valence-electron chi connectivity index (χ4n) is 4.02. The van der Waals surface area contributed by atoms with Gasteiger partial charge in [-0.1, -0.05) is 23.4 Å². The third kappa shape index (κ3) is 6.29. The van der Waals surface area contributed by atoms with Crippen LogP contribution < -0.4 is 16.2 Å². The van der Waals surface area contributed by atoms with Gasteiger partial charge in [-0.2, -0.15) is 31.3 Å². The minimum atomic E-state index is -4.73. The molecule has 1 aliphatic rings. The average Bonchev–Trinajstić information content (AvgIpc) is 3.51. The lowest BCUT2D eigenvalue weighted by atomic mass is 10.1. The Kier molecular flexibility index (Phi) is 7.57. The van der Waals surface area contributed by atoms with Gasteiger partial charge in [-0.05, 0) is 54.8 Å². The van der Waals surface area contributed by atoms with Crippen molar-refractivity contribution >= 4 is 6.08 Å². The first-order valence-corrected chi connectivity index (χ1v) is 11.2. The van der Waals surface area contributed by atoms with Crippen LogP contribution in [0.25, 0.3) is 17.5 Å². The summed E-state index contributed by atoms with van der Waals surface area (Å²) in [5.74, 6) is -0.226. The lowest BCUT2D eigenvalue weighted by Gasteiger charge is -2.24. The van der Waals surface area contributed by atoms with Gasteiger partial charge < -0.3 is 20.7 Å². The van der Waals surface area contributed by atoms with Gasteiger partial charge >= 0.3 is 12.4 Å². The number of rotatable bonds is 7. The Bertz CT molecular complexity index is 1240. The van der Waals surface area contributed by atoms with Crippen LogP contribution in [0.2, 0.25) is 0 Å². The van der Waals surface area contributed by atoms with Crippen molar-refractivity contribution < 1.29 is 35.6 Å². The predicted molar refractivity (Wildman–Crippen MR) is 122 cm³/mol. The molecule has 7 nitrogen and oxygen atoms in total. The maximum Gasteiger partial charge on any atom is 0.419 e. The van der Waals surface area contributed by atoms with Gasteiger partial charge in [0.1, 0.15) is 18.6 Å². The van der Waals surface area contributed by atoms with E-state index in [2.05, 4.69) is 10.1 Å². The van der Waals surface area contributed by atoms with Gasteiger partial charge in [-0.25, -0.2) is 0 Å². The molecule has 198 valence electrons. The molecule has 1 aromatic heterocycles. The Morgan fingerprint density at radius 1 is 1.05 bits per heavy atom. The molecule has 1 fully saturated rings. The third-order valence-corrected chi connectivity index (χ3v) is 5.83. The Morgan fingerprint density at radius 3 is 2.43 bits per heavy atom. The highest BCUT2D eigenvalue weighted by Gasteiger charge is 2.36.